The summed E-state index contributed by atoms with van der Waals surface area (Å²) in [5.41, 5.74) is 3.03. The first-order valence-electron chi connectivity index (χ1n) is 8.53. The van der Waals surface area contributed by atoms with E-state index in [1.54, 1.807) is 0 Å². The summed E-state index contributed by atoms with van der Waals surface area (Å²) < 4.78 is 28.4. The minimum absolute atomic E-state index is 0.00539. The van der Waals surface area contributed by atoms with Crippen molar-refractivity contribution in [1.82, 2.24) is 9.62 Å². The van der Waals surface area contributed by atoms with Gasteiger partial charge in [0.2, 0.25) is 10.0 Å². The van der Waals surface area contributed by atoms with Crippen molar-refractivity contribution < 1.29 is 8.42 Å². The van der Waals surface area contributed by atoms with Gasteiger partial charge in [-0.15, -0.1) is 0 Å². The second kappa shape index (κ2) is 8.45. The van der Waals surface area contributed by atoms with Crippen molar-refractivity contribution in [3.63, 3.8) is 0 Å². The number of nitrogens with zero attached hydrogens (tertiary/aromatic N) is 1. The highest BCUT2D eigenvalue weighted by Gasteiger charge is 2.15. The Morgan fingerprint density at radius 3 is 2.28 bits per heavy atom. The molecule has 0 amide bonds. The molecule has 25 heavy (non-hydrogen) atoms. The van der Waals surface area contributed by atoms with Crippen molar-refractivity contribution >= 4 is 26.0 Å². The number of sulfonamides is 1. The topological polar surface area (TPSA) is 49.4 Å². The molecule has 0 bridgehead atoms. The average molecular weight is 423 g/mol. The van der Waals surface area contributed by atoms with E-state index in [0.29, 0.717) is 6.54 Å². The summed E-state index contributed by atoms with van der Waals surface area (Å²) in [6.07, 6.45) is 2.50. The number of benzene rings is 2. The zero-order valence-corrected chi connectivity index (χ0v) is 16.5. The highest BCUT2D eigenvalue weighted by molar-refractivity contribution is 9.10. The Balaban J connectivity index is 1.63. The first-order valence-corrected chi connectivity index (χ1v) is 11.0. The molecule has 1 heterocycles. The first-order chi connectivity index (χ1) is 12.0. The Morgan fingerprint density at radius 1 is 0.960 bits per heavy atom. The molecule has 0 atom stereocenters. The molecule has 2 aromatic carbocycles. The fraction of sp³-hybridized carbons (Fsp3) is 0.368. The monoisotopic (exact) mass is 422 g/mol. The molecule has 1 aliphatic heterocycles. The van der Waals surface area contributed by atoms with Crippen LogP contribution < -0.4 is 4.72 Å². The fourth-order valence-corrected chi connectivity index (χ4v) is 4.48. The molecule has 134 valence electrons. The summed E-state index contributed by atoms with van der Waals surface area (Å²) in [6, 6.07) is 15.4. The van der Waals surface area contributed by atoms with Gasteiger partial charge in [0, 0.05) is 17.6 Å². The minimum atomic E-state index is -3.37. The van der Waals surface area contributed by atoms with Crippen LogP contribution >= 0.6 is 15.9 Å². The Hall–Kier alpha value is -1.21. The smallest absolute Gasteiger partial charge is 0.216 e. The van der Waals surface area contributed by atoms with Gasteiger partial charge in [-0.05, 0) is 54.8 Å². The second-order valence-corrected chi connectivity index (χ2v) is 9.18. The molecule has 0 saturated carbocycles. The van der Waals surface area contributed by atoms with Gasteiger partial charge in [-0.2, -0.15) is 0 Å². The summed E-state index contributed by atoms with van der Waals surface area (Å²) >= 11 is 3.36. The van der Waals surface area contributed by atoms with E-state index in [-0.39, 0.29) is 5.75 Å². The van der Waals surface area contributed by atoms with Gasteiger partial charge in [-0.1, -0.05) is 52.3 Å². The summed E-state index contributed by atoms with van der Waals surface area (Å²) in [5, 5.41) is 0. The van der Waals surface area contributed by atoms with Crippen LogP contribution in [0.5, 0.6) is 0 Å². The van der Waals surface area contributed by atoms with Crippen LogP contribution in [-0.2, 0) is 28.9 Å². The van der Waals surface area contributed by atoms with E-state index in [9.17, 15) is 8.42 Å². The van der Waals surface area contributed by atoms with Gasteiger partial charge in [0.25, 0.3) is 0 Å². The first kappa shape index (κ1) is 18.6. The highest BCUT2D eigenvalue weighted by Crippen LogP contribution is 2.17. The van der Waals surface area contributed by atoms with Gasteiger partial charge in [-0.3, -0.25) is 4.90 Å². The minimum Gasteiger partial charge on any atom is -0.299 e. The molecule has 4 nitrogen and oxygen atoms in total. The van der Waals surface area contributed by atoms with Crippen LogP contribution in [0.1, 0.15) is 29.5 Å². The van der Waals surface area contributed by atoms with Crippen molar-refractivity contribution in [2.75, 3.05) is 13.1 Å². The van der Waals surface area contributed by atoms with Crippen molar-refractivity contribution in [2.45, 2.75) is 31.7 Å². The molecular weight excluding hydrogens is 400 g/mol. The molecule has 2 aromatic rings. The molecular formula is C19H23BrN2O2S. The quantitative estimate of drug-likeness (QED) is 0.740. The van der Waals surface area contributed by atoms with Crippen LogP contribution in [0.4, 0.5) is 0 Å². The Morgan fingerprint density at radius 2 is 1.60 bits per heavy atom. The number of halogens is 1. The van der Waals surface area contributed by atoms with Gasteiger partial charge in [0.15, 0.2) is 0 Å². The van der Waals surface area contributed by atoms with Crippen LogP contribution in [0.2, 0.25) is 0 Å². The van der Waals surface area contributed by atoms with Gasteiger partial charge in [0.1, 0.15) is 0 Å². The normalized spacial score (nSPS) is 15.6. The fourth-order valence-electron chi connectivity index (χ4n) is 3.10. The van der Waals surface area contributed by atoms with Gasteiger partial charge >= 0.3 is 0 Å². The number of hydrogen-bond acceptors (Lipinski definition) is 3. The average Bonchev–Trinajstić information content (AvgIpc) is 3.09. The van der Waals surface area contributed by atoms with Crippen molar-refractivity contribution in [2.24, 2.45) is 0 Å². The maximum atomic E-state index is 12.4. The number of nitrogens with one attached hydrogen (secondary N) is 1. The van der Waals surface area contributed by atoms with Gasteiger partial charge in [-0.25, -0.2) is 13.1 Å². The van der Waals surface area contributed by atoms with E-state index in [1.165, 1.54) is 18.4 Å². The molecule has 0 spiro atoms. The zero-order chi connectivity index (χ0) is 17.7. The van der Waals surface area contributed by atoms with E-state index in [1.807, 2.05) is 42.5 Å². The van der Waals surface area contributed by atoms with Crippen molar-refractivity contribution in [1.29, 1.82) is 0 Å². The van der Waals surface area contributed by atoms with Crippen LogP contribution in [0.15, 0.2) is 53.0 Å². The number of rotatable bonds is 7. The van der Waals surface area contributed by atoms with Crippen molar-refractivity contribution in [3.05, 3.63) is 69.7 Å². The van der Waals surface area contributed by atoms with E-state index in [0.717, 1.165) is 35.2 Å². The third-order valence-electron chi connectivity index (χ3n) is 4.46. The molecule has 0 aliphatic carbocycles. The Bertz CT molecular complexity index is 800. The Kier molecular flexibility index (Phi) is 6.28. The summed E-state index contributed by atoms with van der Waals surface area (Å²) in [7, 11) is -3.37. The lowest BCUT2D eigenvalue weighted by atomic mass is 10.1. The van der Waals surface area contributed by atoms with Crippen LogP contribution in [0.25, 0.3) is 0 Å². The third kappa shape index (κ3) is 5.64. The second-order valence-electron chi connectivity index (χ2n) is 6.46. The van der Waals surface area contributed by atoms with Crippen LogP contribution in [0.3, 0.4) is 0 Å². The van der Waals surface area contributed by atoms with Gasteiger partial charge < -0.3 is 0 Å². The lowest BCUT2D eigenvalue weighted by Crippen LogP contribution is -2.26. The molecule has 0 unspecified atom stereocenters. The maximum Gasteiger partial charge on any atom is 0.216 e. The van der Waals surface area contributed by atoms with Gasteiger partial charge in [0.05, 0.1) is 5.75 Å². The molecule has 1 saturated heterocycles. The predicted octanol–water partition coefficient (Wildman–Crippen LogP) is 3.66. The standard InChI is InChI=1S/C19H23BrN2O2S/c20-19-9-7-16(8-10-19)15-25(23,24)21-13-17-5-1-2-6-18(17)14-22-11-3-4-12-22/h1-2,5-10,21H,3-4,11-15H2. The Labute approximate surface area is 158 Å². The molecule has 1 aliphatic rings. The molecule has 0 radical (unpaired) electrons. The van der Waals surface area contributed by atoms with E-state index in [4.69, 9.17) is 0 Å². The number of likely N-dealkylation sites (tertiary alicyclic amines) is 1. The SMILES string of the molecule is O=S(=O)(Cc1ccc(Br)cc1)NCc1ccccc1CN1CCCC1. The lowest BCUT2D eigenvalue weighted by Gasteiger charge is -2.17. The summed E-state index contributed by atoms with van der Waals surface area (Å²) in [6.45, 7) is 3.49. The molecule has 1 fully saturated rings. The predicted molar refractivity (Wildman–Crippen MR) is 105 cm³/mol. The van der Waals surface area contributed by atoms with E-state index < -0.39 is 10.0 Å². The third-order valence-corrected chi connectivity index (χ3v) is 6.29. The zero-order valence-electron chi connectivity index (χ0n) is 14.1. The van der Waals surface area contributed by atoms with Crippen LogP contribution in [-0.4, -0.2) is 26.4 Å². The van der Waals surface area contributed by atoms with Crippen LogP contribution in [0, 0.1) is 0 Å². The molecule has 0 aromatic heterocycles. The lowest BCUT2D eigenvalue weighted by molar-refractivity contribution is 0.330. The molecule has 3 rings (SSSR count). The maximum absolute atomic E-state index is 12.4. The van der Waals surface area contributed by atoms with E-state index >= 15 is 0 Å². The molecule has 6 heteroatoms. The molecule has 1 N–H and O–H groups in total. The van der Waals surface area contributed by atoms with Crippen molar-refractivity contribution in [3.8, 4) is 0 Å². The van der Waals surface area contributed by atoms with E-state index in [2.05, 4.69) is 31.6 Å². The summed E-state index contributed by atoms with van der Waals surface area (Å²) in [5.74, 6) is -0.00539. The summed E-state index contributed by atoms with van der Waals surface area (Å²) in [4.78, 5) is 2.43. The number of hydrogen-bond donors (Lipinski definition) is 1. The highest BCUT2D eigenvalue weighted by atomic mass is 79.9. The largest absolute Gasteiger partial charge is 0.299 e.